The Bertz CT molecular complexity index is 687. The number of rotatable bonds is 7. The molecule has 0 amide bonds. The number of aromatic nitrogens is 2. The molecule has 0 spiro atoms. The molecule has 0 aliphatic heterocycles. The molecule has 0 unspecified atom stereocenters. The lowest BCUT2D eigenvalue weighted by atomic mass is 10.2. The number of hydrogen-bond donors (Lipinski definition) is 0. The second-order valence-corrected chi connectivity index (χ2v) is 6.41. The Morgan fingerprint density at radius 3 is 2.62 bits per heavy atom. The standard InChI is InChI=1S/C16H21N3O3S2/c1-5-19(6-2)16(23)24-10-14-17-15(18-22-14)12-8-7-11(20-3)9-13(12)21-4/h7-9H,5-6,10H2,1-4H3. The zero-order valence-electron chi connectivity index (χ0n) is 14.2. The Balaban J connectivity index is 2.09. The first-order valence-electron chi connectivity index (χ1n) is 7.59. The van der Waals surface area contributed by atoms with Gasteiger partial charge in [0.1, 0.15) is 15.8 Å². The third kappa shape index (κ3) is 4.39. The first-order chi connectivity index (χ1) is 11.6. The SMILES string of the molecule is CCN(CC)C(=S)SCc1nc(-c2ccc(OC)cc2OC)no1. The molecular weight excluding hydrogens is 346 g/mol. The third-order valence-corrected chi connectivity index (χ3v) is 4.97. The molecule has 0 N–H and O–H groups in total. The monoisotopic (exact) mass is 367 g/mol. The predicted octanol–water partition coefficient (Wildman–Crippen LogP) is 3.61. The molecule has 8 heteroatoms. The quantitative estimate of drug-likeness (QED) is 0.688. The van der Waals surface area contributed by atoms with E-state index in [2.05, 4.69) is 28.9 Å². The van der Waals surface area contributed by atoms with E-state index in [1.165, 1.54) is 11.8 Å². The summed E-state index contributed by atoms with van der Waals surface area (Å²) in [5.41, 5.74) is 0.754. The van der Waals surface area contributed by atoms with E-state index in [1.807, 2.05) is 12.1 Å². The van der Waals surface area contributed by atoms with Gasteiger partial charge in [-0.3, -0.25) is 0 Å². The summed E-state index contributed by atoms with van der Waals surface area (Å²) in [4.78, 5) is 6.54. The number of benzene rings is 1. The Kier molecular flexibility index (Phi) is 6.86. The van der Waals surface area contributed by atoms with Gasteiger partial charge in [-0.2, -0.15) is 4.98 Å². The van der Waals surface area contributed by atoms with E-state index < -0.39 is 0 Å². The Labute approximate surface area is 151 Å². The first-order valence-corrected chi connectivity index (χ1v) is 8.98. The van der Waals surface area contributed by atoms with Gasteiger partial charge in [-0.1, -0.05) is 29.1 Å². The topological polar surface area (TPSA) is 60.6 Å². The second kappa shape index (κ2) is 8.89. The van der Waals surface area contributed by atoms with Crippen LogP contribution in [0.1, 0.15) is 19.7 Å². The summed E-state index contributed by atoms with van der Waals surface area (Å²) in [6.45, 7) is 5.94. The molecule has 0 saturated carbocycles. The van der Waals surface area contributed by atoms with Gasteiger partial charge in [0.25, 0.3) is 0 Å². The summed E-state index contributed by atoms with van der Waals surface area (Å²) >= 11 is 6.93. The van der Waals surface area contributed by atoms with E-state index in [0.717, 1.165) is 23.0 Å². The smallest absolute Gasteiger partial charge is 0.237 e. The van der Waals surface area contributed by atoms with Crippen LogP contribution in [0.2, 0.25) is 0 Å². The first kappa shape index (κ1) is 18.5. The highest BCUT2D eigenvalue weighted by atomic mass is 32.2. The maximum Gasteiger partial charge on any atom is 0.237 e. The molecule has 1 heterocycles. The van der Waals surface area contributed by atoms with E-state index >= 15 is 0 Å². The van der Waals surface area contributed by atoms with Gasteiger partial charge in [-0.25, -0.2) is 0 Å². The van der Waals surface area contributed by atoms with Crippen LogP contribution in [0.5, 0.6) is 11.5 Å². The highest BCUT2D eigenvalue weighted by Crippen LogP contribution is 2.31. The van der Waals surface area contributed by atoms with Crippen molar-refractivity contribution in [3.63, 3.8) is 0 Å². The van der Waals surface area contributed by atoms with Gasteiger partial charge in [-0.15, -0.1) is 0 Å². The highest BCUT2D eigenvalue weighted by molar-refractivity contribution is 8.22. The predicted molar refractivity (Wildman–Crippen MR) is 99.7 cm³/mol. The molecule has 0 atom stereocenters. The number of thiocarbonyl (C=S) groups is 1. The van der Waals surface area contributed by atoms with Crippen molar-refractivity contribution in [2.75, 3.05) is 27.3 Å². The van der Waals surface area contributed by atoms with E-state index in [4.69, 9.17) is 26.2 Å². The van der Waals surface area contributed by atoms with Crippen molar-refractivity contribution < 1.29 is 14.0 Å². The summed E-state index contributed by atoms with van der Waals surface area (Å²) < 4.78 is 16.7. The van der Waals surface area contributed by atoms with E-state index in [1.54, 1.807) is 20.3 Å². The van der Waals surface area contributed by atoms with Gasteiger partial charge < -0.3 is 18.9 Å². The number of ether oxygens (including phenoxy) is 2. The molecule has 1 aromatic heterocycles. The summed E-state index contributed by atoms with van der Waals surface area (Å²) in [7, 11) is 3.20. The molecule has 2 rings (SSSR count). The molecule has 2 aromatic rings. The van der Waals surface area contributed by atoms with Gasteiger partial charge in [0.2, 0.25) is 11.7 Å². The fraction of sp³-hybridized carbons (Fsp3) is 0.438. The Hall–Kier alpha value is -1.80. The van der Waals surface area contributed by atoms with Crippen LogP contribution < -0.4 is 9.47 Å². The molecule has 0 fully saturated rings. The van der Waals surface area contributed by atoms with Crippen molar-refractivity contribution in [2.45, 2.75) is 19.6 Å². The molecule has 0 saturated heterocycles. The lowest BCUT2D eigenvalue weighted by Crippen LogP contribution is -2.26. The molecule has 0 radical (unpaired) electrons. The molecule has 1 aromatic carbocycles. The minimum Gasteiger partial charge on any atom is -0.497 e. The van der Waals surface area contributed by atoms with E-state index in [0.29, 0.717) is 29.0 Å². The van der Waals surface area contributed by atoms with Crippen LogP contribution in [0.3, 0.4) is 0 Å². The van der Waals surface area contributed by atoms with Crippen molar-refractivity contribution in [3.05, 3.63) is 24.1 Å². The minimum atomic E-state index is 0.485. The number of nitrogens with zero attached hydrogens (tertiary/aromatic N) is 3. The molecule has 0 aliphatic carbocycles. The van der Waals surface area contributed by atoms with Crippen LogP contribution in [-0.2, 0) is 5.75 Å². The molecular formula is C16H21N3O3S2. The molecule has 0 bridgehead atoms. The summed E-state index contributed by atoms with van der Waals surface area (Å²) in [5.74, 6) is 2.90. The van der Waals surface area contributed by atoms with Crippen molar-refractivity contribution in [3.8, 4) is 22.9 Å². The van der Waals surface area contributed by atoms with Gasteiger partial charge in [0.15, 0.2) is 0 Å². The van der Waals surface area contributed by atoms with Crippen LogP contribution in [0.4, 0.5) is 0 Å². The minimum absolute atomic E-state index is 0.485. The van der Waals surface area contributed by atoms with Crippen LogP contribution >= 0.6 is 24.0 Å². The molecule has 24 heavy (non-hydrogen) atoms. The maximum absolute atomic E-state index is 5.41. The van der Waals surface area contributed by atoms with Crippen molar-refractivity contribution in [2.24, 2.45) is 0 Å². The summed E-state index contributed by atoms with van der Waals surface area (Å²) in [6.07, 6.45) is 0. The van der Waals surface area contributed by atoms with Crippen LogP contribution in [0, 0.1) is 0 Å². The van der Waals surface area contributed by atoms with Crippen molar-refractivity contribution in [1.29, 1.82) is 0 Å². The van der Waals surface area contributed by atoms with Gasteiger partial charge in [-0.05, 0) is 26.0 Å². The zero-order valence-corrected chi connectivity index (χ0v) is 15.9. The largest absolute Gasteiger partial charge is 0.497 e. The third-order valence-electron chi connectivity index (χ3n) is 3.46. The lowest BCUT2D eigenvalue weighted by molar-refractivity contribution is 0.388. The summed E-state index contributed by atoms with van der Waals surface area (Å²) in [5, 5.41) is 4.04. The molecule has 6 nitrogen and oxygen atoms in total. The van der Waals surface area contributed by atoms with E-state index in [9.17, 15) is 0 Å². The Morgan fingerprint density at radius 2 is 2.00 bits per heavy atom. The number of methoxy groups -OCH3 is 2. The van der Waals surface area contributed by atoms with E-state index in [-0.39, 0.29) is 0 Å². The Morgan fingerprint density at radius 1 is 1.25 bits per heavy atom. The molecule has 0 aliphatic rings. The maximum atomic E-state index is 5.41. The number of hydrogen-bond acceptors (Lipinski definition) is 7. The number of thioether (sulfide) groups is 1. The average Bonchev–Trinajstić information content (AvgIpc) is 3.09. The van der Waals surface area contributed by atoms with Crippen molar-refractivity contribution in [1.82, 2.24) is 15.0 Å². The fourth-order valence-corrected chi connectivity index (χ4v) is 3.34. The van der Waals surface area contributed by atoms with Crippen LogP contribution in [-0.4, -0.2) is 46.7 Å². The van der Waals surface area contributed by atoms with Gasteiger partial charge in [0.05, 0.1) is 25.5 Å². The average molecular weight is 367 g/mol. The van der Waals surface area contributed by atoms with Crippen molar-refractivity contribution >= 4 is 28.3 Å². The fourth-order valence-electron chi connectivity index (χ4n) is 2.10. The van der Waals surface area contributed by atoms with Gasteiger partial charge in [0, 0.05) is 19.2 Å². The zero-order chi connectivity index (χ0) is 17.5. The normalized spacial score (nSPS) is 10.5. The van der Waals surface area contributed by atoms with Crippen LogP contribution in [0.15, 0.2) is 22.7 Å². The van der Waals surface area contributed by atoms with Crippen LogP contribution in [0.25, 0.3) is 11.4 Å². The highest BCUT2D eigenvalue weighted by Gasteiger charge is 2.15. The molecule has 130 valence electrons. The summed E-state index contributed by atoms with van der Waals surface area (Å²) in [6, 6.07) is 5.47. The van der Waals surface area contributed by atoms with Gasteiger partial charge >= 0.3 is 0 Å². The lowest BCUT2D eigenvalue weighted by Gasteiger charge is -2.20. The second-order valence-electron chi connectivity index (χ2n) is 4.80.